The highest BCUT2D eigenvalue weighted by Gasteiger charge is 1.85. The molecule has 0 saturated heterocycles. The normalized spacial score (nSPS) is 10.2. The molecule has 0 aromatic carbocycles. The summed E-state index contributed by atoms with van der Waals surface area (Å²) in [5.41, 5.74) is 0. The van der Waals surface area contributed by atoms with Crippen LogP contribution < -0.4 is 5.84 Å². The fourth-order valence-electron chi connectivity index (χ4n) is 0.336. The van der Waals surface area contributed by atoms with Crippen LogP contribution in [0.5, 0.6) is 0 Å². The van der Waals surface area contributed by atoms with Crippen molar-refractivity contribution in [2.45, 2.75) is 0 Å². The lowest BCUT2D eigenvalue weighted by Crippen LogP contribution is -1.81. The average Bonchev–Trinajstić information content (AvgIpc) is 1.91. The molecule has 1 aromatic rings. The summed E-state index contributed by atoms with van der Waals surface area (Å²) in [7, 11) is 0. The second-order valence-corrected chi connectivity index (χ2v) is 1.15. The zero-order valence-electron chi connectivity index (χ0n) is 4.47. The quantitative estimate of drug-likeness (QED) is 0.319. The first kappa shape index (κ1) is 5.54. The molecule has 0 aliphatic rings. The molecule has 0 fully saturated rings. The Morgan fingerprint density at radius 3 is 2.56 bits per heavy atom. The van der Waals surface area contributed by atoms with Gasteiger partial charge >= 0.3 is 0 Å². The zero-order valence-corrected chi connectivity index (χ0v) is 4.47. The molecule has 2 N–H and O–H groups in total. The molecule has 0 unspecified atom stereocenters. The van der Waals surface area contributed by atoms with E-state index in [0.717, 1.165) is 0 Å². The monoisotopic (exact) mass is 124 g/mol. The first-order valence-corrected chi connectivity index (χ1v) is 2.16. The molecule has 0 spiro atoms. The van der Waals surface area contributed by atoms with Crippen LogP contribution in [0, 0.1) is 0 Å². The third-order valence-electron chi connectivity index (χ3n) is 0.627. The molecular weight excluding hydrogens is 120 g/mol. The standard InChI is InChI=1S/C3H4N6/c4-9-8-3-6-1-5-2-7-3/h1-2H,(H2,4,5,6,7,8). The highest BCUT2D eigenvalue weighted by molar-refractivity contribution is 5.06. The molecule has 6 nitrogen and oxygen atoms in total. The van der Waals surface area contributed by atoms with E-state index in [1.54, 1.807) is 0 Å². The Hall–Kier alpha value is -1.59. The van der Waals surface area contributed by atoms with Crippen molar-refractivity contribution in [3.63, 3.8) is 0 Å². The largest absolute Gasteiger partial charge is 0.304 e. The van der Waals surface area contributed by atoms with E-state index in [0.29, 0.717) is 0 Å². The molecule has 1 rings (SSSR count). The third-order valence-corrected chi connectivity index (χ3v) is 0.627. The molecule has 0 aliphatic carbocycles. The second-order valence-electron chi connectivity index (χ2n) is 1.15. The molecule has 1 heterocycles. The highest BCUT2D eigenvalue weighted by Crippen LogP contribution is 1.95. The zero-order chi connectivity index (χ0) is 6.53. The SMILES string of the molecule is NN=Nc1ncncn1. The topological polar surface area (TPSA) is 89.4 Å². The van der Waals surface area contributed by atoms with Gasteiger partial charge in [0.25, 0.3) is 5.95 Å². The van der Waals surface area contributed by atoms with Crippen LogP contribution in [0.15, 0.2) is 23.0 Å². The van der Waals surface area contributed by atoms with Gasteiger partial charge in [-0.15, -0.1) is 0 Å². The van der Waals surface area contributed by atoms with E-state index < -0.39 is 0 Å². The molecule has 1 aromatic heterocycles. The fourth-order valence-corrected chi connectivity index (χ4v) is 0.336. The highest BCUT2D eigenvalue weighted by atomic mass is 15.3. The summed E-state index contributed by atoms with van der Waals surface area (Å²) in [6, 6.07) is 0. The summed E-state index contributed by atoms with van der Waals surface area (Å²) in [6.07, 6.45) is 2.63. The summed E-state index contributed by atoms with van der Waals surface area (Å²) in [5, 5.41) is 6.33. The molecule has 0 aliphatic heterocycles. The minimum absolute atomic E-state index is 0.215. The van der Waals surface area contributed by atoms with E-state index in [2.05, 4.69) is 25.3 Å². The maximum absolute atomic E-state index is 4.72. The van der Waals surface area contributed by atoms with Crippen molar-refractivity contribution in [3.05, 3.63) is 12.7 Å². The van der Waals surface area contributed by atoms with Crippen molar-refractivity contribution in [2.75, 3.05) is 0 Å². The lowest BCUT2D eigenvalue weighted by molar-refractivity contribution is 0.958. The van der Waals surface area contributed by atoms with E-state index in [1.807, 2.05) is 0 Å². The fraction of sp³-hybridized carbons (Fsp3) is 0. The first-order valence-electron chi connectivity index (χ1n) is 2.16. The van der Waals surface area contributed by atoms with Crippen molar-refractivity contribution in [1.82, 2.24) is 15.0 Å². The van der Waals surface area contributed by atoms with E-state index in [-0.39, 0.29) is 5.95 Å². The van der Waals surface area contributed by atoms with Crippen LogP contribution in [0.2, 0.25) is 0 Å². The molecule has 0 atom stereocenters. The van der Waals surface area contributed by atoms with Crippen LogP contribution in [-0.2, 0) is 0 Å². The van der Waals surface area contributed by atoms with Crippen molar-refractivity contribution < 1.29 is 0 Å². The number of nitrogens with two attached hydrogens (primary N) is 1. The average molecular weight is 124 g/mol. The van der Waals surface area contributed by atoms with Crippen molar-refractivity contribution >= 4 is 5.95 Å². The number of hydrogen-bond donors (Lipinski definition) is 1. The van der Waals surface area contributed by atoms with Gasteiger partial charge in [-0.1, -0.05) is 10.3 Å². The van der Waals surface area contributed by atoms with Gasteiger partial charge in [-0.3, -0.25) is 0 Å². The van der Waals surface area contributed by atoms with Gasteiger partial charge in [0, 0.05) is 0 Å². The van der Waals surface area contributed by atoms with Gasteiger partial charge in [-0.2, -0.15) is 9.97 Å². The number of rotatable bonds is 1. The molecule has 46 valence electrons. The van der Waals surface area contributed by atoms with E-state index in [4.69, 9.17) is 5.84 Å². The maximum atomic E-state index is 4.72. The number of nitrogens with zero attached hydrogens (tertiary/aromatic N) is 5. The van der Waals surface area contributed by atoms with Gasteiger partial charge in [-0.25, -0.2) is 4.98 Å². The van der Waals surface area contributed by atoms with Crippen LogP contribution in [0.4, 0.5) is 5.95 Å². The summed E-state index contributed by atoms with van der Waals surface area (Å²) in [6.45, 7) is 0. The van der Waals surface area contributed by atoms with Crippen molar-refractivity contribution in [2.24, 2.45) is 16.2 Å². The third kappa shape index (κ3) is 1.41. The van der Waals surface area contributed by atoms with Gasteiger partial charge in [0.05, 0.1) is 0 Å². The summed E-state index contributed by atoms with van der Waals surface area (Å²) >= 11 is 0. The molecule has 0 saturated carbocycles. The summed E-state index contributed by atoms with van der Waals surface area (Å²) < 4.78 is 0. The Labute approximate surface area is 50.8 Å². The molecule has 9 heavy (non-hydrogen) atoms. The van der Waals surface area contributed by atoms with E-state index in [1.165, 1.54) is 12.7 Å². The Kier molecular flexibility index (Phi) is 1.63. The maximum Gasteiger partial charge on any atom is 0.273 e. The van der Waals surface area contributed by atoms with Crippen LogP contribution in [0.25, 0.3) is 0 Å². The summed E-state index contributed by atoms with van der Waals surface area (Å²) in [5.74, 6) is 4.93. The van der Waals surface area contributed by atoms with Crippen LogP contribution >= 0.6 is 0 Å². The Morgan fingerprint density at radius 1 is 1.33 bits per heavy atom. The minimum atomic E-state index is 0.215. The molecule has 0 radical (unpaired) electrons. The van der Waals surface area contributed by atoms with Gasteiger partial charge in [0.2, 0.25) is 0 Å². The van der Waals surface area contributed by atoms with Gasteiger partial charge in [-0.05, 0) is 0 Å². The first-order chi connectivity index (χ1) is 4.43. The van der Waals surface area contributed by atoms with Crippen molar-refractivity contribution in [3.8, 4) is 0 Å². The molecule has 6 heteroatoms. The second kappa shape index (κ2) is 2.65. The number of aromatic nitrogens is 3. The Balaban J connectivity index is 2.85. The Bertz CT molecular complexity index is 193. The van der Waals surface area contributed by atoms with E-state index in [9.17, 15) is 0 Å². The van der Waals surface area contributed by atoms with Gasteiger partial charge in [0.15, 0.2) is 0 Å². The van der Waals surface area contributed by atoms with Gasteiger partial charge < -0.3 is 5.84 Å². The molecule has 0 bridgehead atoms. The minimum Gasteiger partial charge on any atom is -0.304 e. The van der Waals surface area contributed by atoms with E-state index >= 15 is 0 Å². The smallest absolute Gasteiger partial charge is 0.273 e. The predicted octanol–water partition coefficient (Wildman–Crippen LogP) is -0.171. The molecular formula is C3H4N6. The van der Waals surface area contributed by atoms with Gasteiger partial charge in [0.1, 0.15) is 12.7 Å². The summed E-state index contributed by atoms with van der Waals surface area (Å²) in [4.78, 5) is 10.8. The van der Waals surface area contributed by atoms with Crippen molar-refractivity contribution in [1.29, 1.82) is 0 Å². The van der Waals surface area contributed by atoms with Crippen LogP contribution in [0.1, 0.15) is 0 Å². The Morgan fingerprint density at radius 2 is 2.00 bits per heavy atom. The van der Waals surface area contributed by atoms with Crippen LogP contribution in [0.3, 0.4) is 0 Å². The number of hydrogen-bond acceptors (Lipinski definition) is 5. The lowest BCUT2D eigenvalue weighted by Gasteiger charge is -1.82. The lowest BCUT2D eigenvalue weighted by atomic mass is 11.0. The molecule has 0 amide bonds. The van der Waals surface area contributed by atoms with Crippen LogP contribution in [-0.4, -0.2) is 15.0 Å². The predicted molar refractivity (Wildman–Crippen MR) is 28.5 cm³/mol.